The van der Waals surface area contributed by atoms with Crippen LogP contribution in [-0.4, -0.2) is 58.8 Å². The van der Waals surface area contributed by atoms with Gasteiger partial charge in [-0.1, -0.05) is 13.0 Å². The third-order valence-electron chi connectivity index (χ3n) is 5.72. The summed E-state index contributed by atoms with van der Waals surface area (Å²) < 4.78 is 58.8. The van der Waals surface area contributed by atoms with Gasteiger partial charge in [0.05, 0.1) is 6.54 Å². The molecule has 1 aromatic heterocycles. The zero-order valence-electron chi connectivity index (χ0n) is 18.4. The average molecular weight is 477 g/mol. The van der Waals surface area contributed by atoms with Gasteiger partial charge in [-0.2, -0.15) is 8.78 Å². The number of anilines is 1. The van der Waals surface area contributed by atoms with Gasteiger partial charge in [0, 0.05) is 43.0 Å². The van der Waals surface area contributed by atoms with Crippen molar-refractivity contribution in [3.8, 4) is 11.5 Å². The van der Waals surface area contributed by atoms with Crippen LogP contribution >= 0.6 is 0 Å². The van der Waals surface area contributed by atoms with E-state index in [1.54, 1.807) is 4.90 Å². The lowest BCUT2D eigenvalue weighted by Crippen LogP contribution is -2.52. The van der Waals surface area contributed by atoms with Crippen molar-refractivity contribution >= 4 is 11.7 Å². The second kappa shape index (κ2) is 10.2. The number of carbonyl (C=O) groups excluding carboxylic acids is 1. The third-order valence-corrected chi connectivity index (χ3v) is 5.72. The van der Waals surface area contributed by atoms with Crippen LogP contribution in [0.25, 0.3) is 11.5 Å². The van der Waals surface area contributed by atoms with Gasteiger partial charge >= 0.3 is 12.5 Å². The highest BCUT2D eigenvalue weighted by Crippen LogP contribution is 2.27. The molecule has 2 heterocycles. The first-order valence-corrected chi connectivity index (χ1v) is 10.8. The molecule has 4 rings (SSSR count). The van der Waals surface area contributed by atoms with Gasteiger partial charge in [-0.05, 0) is 42.9 Å². The van der Waals surface area contributed by atoms with Crippen LogP contribution in [0.1, 0.15) is 24.8 Å². The Kier molecular flexibility index (Phi) is 7.11. The summed E-state index contributed by atoms with van der Waals surface area (Å²) in [6.07, 6.45) is -2.93. The van der Waals surface area contributed by atoms with Crippen molar-refractivity contribution in [1.82, 2.24) is 20.0 Å². The van der Waals surface area contributed by atoms with Crippen molar-refractivity contribution in [3.05, 3.63) is 65.6 Å². The van der Waals surface area contributed by atoms with Crippen molar-refractivity contribution in [2.24, 2.45) is 0 Å². The van der Waals surface area contributed by atoms with Gasteiger partial charge in [0.25, 0.3) is 5.89 Å². The molecule has 1 fully saturated rings. The van der Waals surface area contributed by atoms with E-state index in [2.05, 4.69) is 22.0 Å². The quantitative estimate of drug-likeness (QED) is 0.481. The van der Waals surface area contributed by atoms with E-state index in [1.807, 2.05) is 0 Å². The first kappa shape index (κ1) is 23.7. The number of hydrogen-bond donors (Lipinski definition) is 0. The van der Waals surface area contributed by atoms with Crippen LogP contribution in [0.2, 0.25) is 0 Å². The Labute approximate surface area is 193 Å². The van der Waals surface area contributed by atoms with E-state index in [0.717, 1.165) is 25.7 Å². The summed E-state index contributed by atoms with van der Waals surface area (Å²) in [4.78, 5) is 18.7. The number of aromatic nitrogens is 2. The molecule has 7 nitrogen and oxygen atoms in total. The van der Waals surface area contributed by atoms with Crippen LogP contribution in [0, 0.1) is 11.6 Å². The molecule has 1 aliphatic heterocycles. The number of rotatable bonds is 6. The maximum absolute atomic E-state index is 15.0. The van der Waals surface area contributed by atoms with Gasteiger partial charge in [0.2, 0.25) is 5.89 Å². The largest absolute Gasteiger partial charge is 0.415 e. The monoisotopic (exact) mass is 477 g/mol. The van der Waals surface area contributed by atoms with E-state index in [1.165, 1.54) is 41.3 Å². The number of hydrogen-bond acceptors (Lipinski definition) is 5. The van der Waals surface area contributed by atoms with Gasteiger partial charge < -0.3 is 14.2 Å². The van der Waals surface area contributed by atoms with E-state index >= 15 is 0 Å². The molecule has 34 heavy (non-hydrogen) atoms. The van der Waals surface area contributed by atoms with Gasteiger partial charge in [-0.15, -0.1) is 10.2 Å². The van der Waals surface area contributed by atoms with Crippen LogP contribution in [-0.2, 0) is 6.54 Å². The van der Waals surface area contributed by atoms with E-state index < -0.39 is 24.0 Å². The summed E-state index contributed by atoms with van der Waals surface area (Å²) in [6, 6.07) is 9.05. The third kappa shape index (κ3) is 5.19. The number of piperazine rings is 1. The molecule has 11 heteroatoms. The highest BCUT2D eigenvalue weighted by Gasteiger charge is 2.27. The Morgan fingerprint density at radius 1 is 1.06 bits per heavy atom. The number of carbonyl (C=O) groups is 1. The van der Waals surface area contributed by atoms with Crippen LogP contribution in [0.3, 0.4) is 0 Å². The van der Waals surface area contributed by atoms with E-state index in [0.29, 0.717) is 18.8 Å². The van der Waals surface area contributed by atoms with Crippen molar-refractivity contribution in [2.45, 2.75) is 19.9 Å². The first-order chi connectivity index (χ1) is 16.4. The summed E-state index contributed by atoms with van der Waals surface area (Å²) in [6.45, 7) is 5.33. The van der Waals surface area contributed by atoms with Gasteiger partial charge in [0.1, 0.15) is 11.6 Å². The Balaban J connectivity index is 1.58. The molecule has 1 saturated heterocycles. The molecule has 180 valence electrons. The minimum Gasteiger partial charge on any atom is -0.415 e. The maximum atomic E-state index is 15.0. The Bertz CT molecular complexity index is 1130. The molecule has 1 aliphatic rings. The van der Waals surface area contributed by atoms with Crippen molar-refractivity contribution in [3.63, 3.8) is 0 Å². The number of urea groups is 1. The molecular formula is C23H23F4N5O2. The lowest BCUT2D eigenvalue weighted by molar-refractivity contribution is 0.116. The summed E-state index contributed by atoms with van der Waals surface area (Å²) in [5.41, 5.74) is 0.740. The topological polar surface area (TPSA) is 65.7 Å². The number of amides is 2. The summed E-state index contributed by atoms with van der Waals surface area (Å²) >= 11 is 0. The maximum Gasteiger partial charge on any atom is 0.324 e. The molecule has 0 aliphatic carbocycles. The predicted octanol–water partition coefficient (Wildman–Crippen LogP) is 4.72. The first-order valence-electron chi connectivity index (χ1n) is 10.8. The highest BCUT2D eigenvalue weighted by atomic mass is 19.3. The van der Waals surface area contributed by atoms with E-state index in [-0.39, 0.29) is 29.6 Å². The number of nitrogens with zero attached hydrogens (tertiary/aromatic N) is 5. The second-order valence-electron chi connectivity index (χ2n) is 7.82. The minimum atomic E-state index is -2.93. The molecule has 0 spiro atoms. The fraction of sp³-hybridized carbons (Fsp3) is 0.348. The highest BCUT2D eigenvalue weighted by molar-refractivity contribution is 5.92. The average Bonchev–Trinajstić information content (AvgIpc) is 3.34. The van der Waals surface area contributed by atoms with Crippen LogP contribution in [0.15, 0.2) is 46.9 Å². The molecule has 2 aromatic carbocycles. The summed E-state index contributed by atoms with van der Waals surface area (Å²) in [5, 5.41) is 6.77. The standard InChI is InChI=1S/C23H23F4N5O2/c1-2-30-9-11-31(12-10-30)23(33)32(18-7-5-17(24)6-8-18)14-16-4-3-15(13-19(16)25)21-28-29-22(34-21)20(26)27/h3-8,13,20H,2,9-12,14H2,1H3. The summed E-state index contributed by atoms with van der Waals surface area (Å²) in [5.74, 6) is -2.22. The predicted molar refractivity (Wildman–Crippen MR) is 116 cm³/mol. The lowest BCUT2D eigenvalue weighted by Gasteiger charge is -2.37. The fourth-order valence-electron chi connectivity index (χ4n) is 3.73. The van der Waals surface area contributed by atoms with E-state index in [4.69, 9.17) is 4.42 Å². The van der Waals surface area contributed by atoms with Gasteiger partial charge in [-0.25, -0.2) is 13.6 Å². The molecule has 2 amide bonds. The number of benzene rings is 2. The second-order valence-corrected chi connectivity index (χ2v) is 7.82. The molecular weight excluding hydrogens is 454 g/mol. The lowest BCUT2D eigenvalue weighted by atomic mass is 10.1. The zero-order valence-corrected chi connectivity index (χ0v) is 18.4. The van der Waals surface area contributed by atoms with Crippen LogP contribution in [0.5, 0.6) is 0 Å². The van der Waals surface area contributed by atoms with Crippen molar-refractivity contribution < 1.29 is 26.8 Å². The summed E-state index contributed by atoms with van der Waals surface area (Å²) in [7, 11) is 0. The molecule has 0 radical (unpaired) electrons. The number of likely N-dealkylation sites (N-methyl/N-ethyl adjacent to an activating group) is 1. The number of halogens is 4. The normalized spacial score (nSPS) is 14.6. The minimum absolute atomic E-state index is 0.114. The van der Waals surface area contributed by atoms with Gasteiger partial charge in [-0.3, -0.25) is 4.90 Å². The molecule has 0 unspecified atom stereocenters. The molecule has 0 atom stereocenters. The van der Waals surface area contributed by atoms with Gasteiger partial charge in [0.15, 0.2) is 0 Å². The fourth-order valence-corrected chi connectivity index (χ4v) is 3.73. The Morgan fingerprint density at radius 3 is 2.35 bits per heavy atom. The Hall–Kier alpha value is -3.47. The molecule has 0 N–H and O–H groups in total. The zero-order chi connectivity index (χ0) is 24.2. The van der Waals surface area contributed by atoms with Crippen LogP contribution in [0.4, 0.5) is 28.0 Å². The van der Waals surface area contributed by atoms with Crippen LogP contribution < -0.4 is 4.90 Å². The Morgan fingerprint density at radius 2 is 1.76 bits per heavy atom. The number of alkyl halides is 2. The molecule has 3 aromatic rings. The van der Waals surface area contributed by atoms with Crippen molar-refractivity contribution in [2.75, 3.05) is 37.6 Å². The van der Waals surface area contributed by atoms with Crippen molar-refractivity contribution in [1.29, 1.82) is 0 Å². The smallest absolute Gasteiger partial charge is 0.324 e. The SMILES string of the molecule is CCN1CCN(C(=O)N(Cc2ccc(-c3nnc(C(F)F)o3)cc2F)c2ccc(F)cc2)CC1. The molecule has 0 saturated carbocycles. The molecule has 0 bridgehead atoms. The van der Waals surface area contributed by atoms with E-state index in [9.17, 15) is 22.4 Å².